The monoisotopic (exact) mass is 413 g/mol. The fraction of sp³-hybridized carbons (Fsp3) is 0.318. The molecule has 4 rings (SSSR count). The lowest BCUT2D eigenvalue weighted by atomic mass is 10.1. The van der Waals surface area contributed by atoms with Crippen molar-refractivity contribution < 1.29 is 4.74 Å². The fourth-order valence-electron chi connectivity index (χ4n) is 3.49. The van der Waals surface area contributed by atoms with Crippen LogP contribution < -0.4 is 4.90 Å². The average Bonchev–Trinajstić information content (AvgIpc) is 3.18. The van der Waals surface area contributed by atoms with Crippen LogP contribution >= 0.6 is 22.9 Å². The number of hydrogen-bond acceptors (Lipinski definition) is 5. The number of aromatic nitrogens is 1. The maximum atomic E-state index is 5.98. The Labute approximate surface area is 175 Å². The predicted octanol–water partition coefficient (Wildman–Crippen LogP) is 4.93. The molecule has 0 atom stereocenters. The predicted molar refractivity (Wildman–Crippen MR) is 117 cm³/mol. The van der Waals surface area contributed by atoms with Crippen LogP contribution in [0, 0.1) is 0 Å². The Kier molecular flexibility index (Phi) is 6.27. The van der Waals surface area contributed by atoms with Gasteiger partial charge in [-0.25, -0.2) is 4.98 Å². The van der Waals surface area contributed by atoms with E-state index in [1.165, 1.54) is 11.3 Å². The molecule has 3 aromatic rings. The molecular weight excluding hydrogens is 390 g/mol. The van der Waals surface area contributed by atoms with Gasteiger partial charge in [0.1, 0.15) is 5.01 Å². The first-order valence-electron chi connectivity index (χ1n) is 9.48. The highest BCUT2D eigenvalue weighted by Gasteiger charge is 2.16. The van der Waals surface area contributed by atoms with Crippen LogP contribution in [0.3, 0.4) is 0 Å². The van der Waals surface area contributed by atoms with Crippen molar-refractivity contribution in [2.75, 3.05) is 38.3 Å². The summed E-state index contributed by atoms with van der Waals surface area (Å²) in [7, 11) is 2.15. The quantitative estimate of drug-likeness (QED) is 0.572. The molecule has 0 saturated carbocycles. The Morgan fingerprint density at radius 1 is 1.07 bits per heavy atom. The van der Waals surface area contributed by atoms with Crippen LogP contribution in [0.25, 0.3) is 10.6 Å². The number of rotatable bonds is 6. The molecule has 2 heterocycles. The number of halogens is 1. The number of hydrogen-bond donors (Lipinski definition) is 0. The molecule has 28 heavy (non-hydrogen) atoms. The fourth-order valence-corrected chi connectivity index (χ4v) is 4.43. The minimum absolute atomic E-state index is 0.749. The molecule has 0 N–H and O–H groups in total. The maximum absolute atomic E-state index is 5.98. The normalized spacial score (nSPS) is 14.6. The summed E-state index contributed by atoms with van der Waals surface area (Å²) in [6.07, 6.45) is 0. The van der Waals surface area contributed by atoms with E-state index in [1.54, 1.807) is 11.3 Å². The van der Waals surface area contributed by atoms with Crippen LogP contribution in [0.15, 0.2) is 53.9 Å². The number of benzene rings is 2. The second-order valence-corrected chi connectivity index (χ2v) is 8.35. The zero-order chi connectivity index (χ0) is 19.3. The van der Waals surface area contributed by atoms with E-state index in [9.17, 15) is 0 Å². The van der Waals surface area contributed by atoms with Crippen LogP contribution in [0.1, 0.15) is 11.3 Å². The molecule has 2 aromatic carbocycles. The van der Waals surface area contributed by atoms with Crippen molar-refractivity contribution in [1.29, 1.82) is 0 Å². The lowest BCUT2D eigenvalue weighted by Gasteiger charge is -2.31. The smallest absolute Gasteiger partial charge is 0.123 e. The molecule has 0 spiro atoms. The van der Waals surface area contributed by atoms with Gasteiger partial charge < -0.3 is 9.64 Å². The van der Waals surface area contributed by atoms with Crippen molar-refractivity contribution in [2.45, 2.75) is 13.1 Å². The van der Waals surface area contributed by atoms with E-state index >= 15 is 0 Å². The minimum atomic E-state index is 0.749. The zero-order valence-electron chi connectivity index (χ0n) is 16.0. The second kappa shape index (κ2) is 9.05. The molecule has 146 valence electrons. The van der Waals surface area contributed by atoms with Crippen molar-refractivity contribution in [3.05, 3.63) is 70.2 Å². The van der Waals surface area contributed by atoms with E-state index in [1.807, 2.05) is 24.3 Å². The molecular formula is C22H24ClN3OS. The molecule has 0 aliphatic carbocycles. The highest BCUT2D eigenvalue weighted by molar-refractivity contribution is 7.13. The molecule has 1 aromatic heterocycles. The van der Waals surface area contributed by atoms with Crippen molar-refractivity contribution in [3.63, 3.8) is 0 Å². The Morgan fingerprint density at radius 2 is 1.82 bits per heavy atom. The highest BCUT2D eigenvalue weighted by atomic mass is 35.5. The van der Waals surface area contributed by atoms with E-state index < -0.39 is 0 Å². The van der Waals surface area contributed by atoms with E-state index in [2.05, 4.69) is 46.5 Å². The van der Waals surface area contributed by atoms with Gasteiger partial charge in [0, 0.05) is 47.8 Å². The summed E-state index contributed by atoms with van der Waals surface area (Å²) < 4.78 is 5.50. The molecule has 0 unspecified atom stereocenters. The van der Waals surface area contributed by atoms with Gasteiger partial charge in [0.25, 0.3) is 0 Å². The number of thiazole rings is 1. The molecule has 1 aliphatic heterocycles. The van der Waals surface area contributed by atoms with E-state index in [0.717, 1.165) is 60.7 Å². The van der Waals surface area contributed by atoms with Crippen molar-refractivity contribution in [1.82, 2.24) is 9.88 Å². The molecule has 1 fully saturated rings. The van der Waals surface area contributed by atoms with Crippen LogP contribution in [0.5, 0.6) is 0 Å². The third-order valence-electron chi connectivity index (χ3n) is 4.86. The summed E-state index contributed by atoms with van der Waals surface area (Å²) in [6, 6.07) is 16.5. The highest BCUT2D eigenvalue weighted by Crippen LogP contribution is 2.27. The Bertz CT molecular complexity index is 906. The van der Waals surface area contributed by atoms with Gasteiger partial charge in [-0.1, -0.05) is 41.9 Å². The lowest BCUT2D eigenvalue weighted by Crippen LogP contribution is -2.37. The molecule has 1 aliphatic rings. The molecule has 6 heteroatoms. The lowest BCUT2D eigenvalue weighted by molar-refractivity contribution is 0.122. The average molecular weight is 414 g/mol. The Morgan fingerprint density at radius 3 is 2.61 bits per heavy atom. The maximum Gasteiger partial charge on any atom is 0.123 e. The first kappa shape index (κ1) is 19.4. The van der Waals surface area contributed by atoms with Crippen molar-refractivity contribution >= 4 is 28.6 Å². The largest absolute Gasteiger partial charge is 0.378 e. The van der Waals surface area contributed by atoms with Gasteiger partial charge >= 0.3 is 0 Å². The first-order chi connectivity index (χ1) is 13.7. The van der Waals surface area contributed by atoms with E-state index in [-0.39, 0.29) is 0 Å². The first-order valence-corrected chi connectivity index (χ1v) is 10.7. The summed E-state index contributed by atoms with van der Waals surface area (Å²) in [5.74, 6) is 0. The van der Waals surface area contributed by atoms with Gasteiger partial charge in [-0.15, -0.1) is 11.3 Å². The SMILES string of the molecule is CN(Cc1csc(-c2ccc(Cl)cc2)n1)Cc1ccccc1N1CCOCC1. The topological polar surface area (TPSA) is 28.6 Å². The zero-order valence-corrected chi connectivity index (χ0v) is 17.5. The number of nitrogens with zero attached hydrogens (tertiary/aromatic N) is 3. The van der Waals surface area contributed by atoms with E-state index in [4.69, 9.17) is 21.3 Å². The molecule has 0 radical (unpaired) electrons. The van der Waals surface area contributed by atoms with Gasteiger partial charge in [0.05, 0.1) is 18.9 Å². The molecule has 0 amide bonds. The van der Waals surface area contributed by atoms with Crippen LogP contribution in [0.2, 0.25) is 5.02 Å². The van der Waals surface area contributed by atoms with Crippen LogP contribution in [0.4, 0.5) is 5.69 Å². The molecule has 0 bridgehead atoms. The number of anilines is 1. The Balaban J connectivity index is 1.42. The van der Waals surface area contributed by atoms with Gasteiger partial charge in [-0.2, -0.15) is 0 Å². The van der Waals surface area contributed by atoms with Crippen molar-refractivity contribution in [2.24, 2.45) is 0 Å². The van der Waals surface area contributed by atoms with Gasteiger partial charge in [-0.05, 0) is 30.8 Å². The third-order valence-corrected chi connectivity index (χ3v) is 6.05. The summed E-state index contributed by atoms with van der Waals surface area (Å²) >= 11 is 7.66. The van der Waals surface area contributed by atoms with Gasteiger partial charge in [-0.3, -0.25) is 4.90 Å². The second-order valence-electron chi connectivity index (χ2n) is 7.05. The number of ether oxygens (including phenoxy) is 1. The number of para-hydroxylation sites is 1. The summed E-state index contributed by atoms with van der Waals surface area (Å²) in [4.78, 5) is 9.56. The van der Waals surface area contributed by atoms with Crippen LogP contribution in [-0.2, 0) is 17.8 Å². The van der Waals surface area contributed by atoms with E-state index in [0.29, 0.717) is 0 Å². The summed E-state index contributed by atoms with van der Waals surface area (Å²) in [5.41, 5.74) is 4.88. The number of morpholine rings is 1. The van der Waals surface area contributed by atoms with Gasteiger partial charge in [0.15, 0.2) is 0 Å². The van der Waals surface area contributed by atoms with Gasteiger partial charge in [0.2, 0.25) is 0 Å². The molecule has 4 nitrogen and oxygen atoms in total. The summed E-state index contributed by atoms with van der Waals surface area (Å²) in [6.45, 7) is 5.23. The van der Waals surface area contributed by atoms with Crippen molar-refractivity contribution in [3.8, 4) is 10.6 Å². The third kappa shape index (κ3) is 4.73. The Hall–Kier alpha value is -1.92. The molecule has 1 saturated heterocycles. The standard InChI is InChI=1S/C22H24ClN3OS/c1-25(14-18-4-2-3-5-21(18)26-10-12-27-13-11-26)15-20-16-28-22(24-20)17-6-8-19(23)9-7-17/h2-9,16H,10-15H2,1H3. The minimum Gasteiger partial charge on any atom is -0.378 e. The summed E-state index contributed by atoms with van der Waals surface area (Å²) in [5, 5.41) is 3.93. The van der Waals surface area contributed by atoms with Crippen LogP contribution in [-0.4, -0.2) is 43.2 Å².